The Balaban J connectivity index is 1.75. The number of carbonyl (C=O) groups is 2. The second-order valence-electron chi connectivity index (χ2n) is 6.08. The Hall–Kier alpha value is -2.89. The summed E-state index contributed by atoms with van der Waals surface area (Å²) >= 11 is 0. The number of nitrogens with one attached hydrogen (secondary N) is 1. The van der Waals surface area contributed by atoms with Gasteiger partial charge in [-0.2, -0.15) is 0 Å². The van der Waals surface area contributed by atoms with Crippen molar-refractivity contribution in [1.82, 2.24) is 0 Å². The van der Waals surface area contributed by atoms with Crippen molar-refractivity contribution >= 4 is 23.2 Å². The molecule has 130 valence electrons. The minimum absolute atomic E-state index is 0.0683. The van der Waals surface area contributed by atoms with Crippen LogP contribution < -0.4 is 15.0 Å². The first-order chi connectivity index (χ1) is 12.0. The van der Waals surface area contributed by atoms with Gasteiger partial charge in [0, 0.05) is 13.0 Å². The first kappa shape index (κ1) is 17.0. The molecule has 1 heterocycles. The molecule has 2 amide bonds. The van der Waals surface area contributed by atoms with Crippen molar-refractivity contribution < 1.29 is 18.7 Å². The van der Waals surface area contributed by atoms with Crippen molar-refractivity contribution in [3.63, 3.8) is 0 Å². The summed E-state index contributed by atoms with van der Waals surface area (Å²) in [6, 6.07) is 11.6. The highest BCUT2D eigenvalue weighted by atomic mass is 19.1. The number of anilines is 2. The van der Waals surface area contributed by atoms with Crippen LogP contribution >= 0.6 is 0 Å². The zero-order chi connectivity index (χ0) is 18.0. The normalized spacial score (nSPS) is 14.5. The van der Waals surface area contributed by atoms with E-state index in [0.29, 0.717) is 29.1 Å². The zero-order valence-electron chi connectivity index (χ0n) is 14.1. The molecule has 25 heavy (non-hydrogen) atoms. The van der Waals surface area contributed by atoms with E-state index in [2.05, 4.69) is 5.32 Å². The van der Waals surface area contributed by atoms with E-state index >= 15 is 0 Å². The zero-order valence-corrected chi connectivity index (χ0v) is 14.1. The van der Waals surface area contributed by atoms with Crippen molar-refractivity contribution in [2.24, 2.45) is 5.92 Å². The number of benzene rings is 2. The third-order valence-corrected chi connectivity index (χ3v) is 4.26. The lowest BCUT2D eigenvalue weighted by atomic mass is 10.00. The molecule has 0 bridgehead atoms. The van der Waals surface area contributed by atoms with Crippen molar-refractivity contribution in [3.05, 3.63) is 53.8 Å². The highest BCUT2D eigenvalue weighted by Crippen LogP contribution is 2.38. The molecule has 2 aromatic rings. The quantitative estimate of drug-likeness (QED) is 0.929. The van der Waals surface area contributed by atoms with Gasteiger partial charge in [-0.05, 0) is 30.2 Å². The summed E-state index contributed by atoms with van der Waals surface area (Å²) in [5, 5.41) is 2.82. The van der Waals surface area contributed by atoms with Crippen LogP contribution in [0.2, 0.25) is 0 Å². The highest BCUT2D eigenvalue weighted by Gasteiger charge is 2.25. The van der Waals surface area contributed by atoms with E-state index < -0.39 is 5.92 Å². The minimum atomic E-state index is -0.421. The summed E-state index contributed by atoms with van der Waals surface area (Å²) in [5.41, 5.74) is 1.61. The van der Waals surface area contributed by atoms with Crippen LogP contribution in [0.5, 0.6) is 5.75 Å². The number of hydrogen-bond donors (Lipinski definition) is 1. The predicted octanol–water partition coefficient (Wildman–Crippen LogP) is 3.00. The maximum atomic E-state index is 13.8. The number of likely N-dealkylation sites (N-methyl/N-ethyl adjacent to an activating group) is 1. The summed E-state index contributed by atoms with van der Waals surface area (Å²) in [5.74, 6) is -0.654. The number of amides is 2. The molecule has 5 nitrogen and oxygen atoms in total. The average molecular weight is 342 g/mol. The molecule has 2 aromatic carbocycles. The molecule has 0 spiro atoms. The standard InChI is InChI=1S/C19H19FN2O3/c1-12(10-13-6-3-4-7-14(13)20)19(24)21-15-8-5-9-16-18(15)25-11-17(23)22(16)2/h3-9,12H,10-11H2,1-2H3,(H,21,24). The van der Waals surface area contributed by atoms with Crippen LogP contribution in [-0.4, -0.2) is 25.5 Å². The second kappa shape index (κ2) is 6.93. The first-order valence-corrected chi connectivity index (χ1v) is 8.04. The van der Waals surface area contributed by atoms with Gasteiger partial charge in [0.15, 0.2) is 12.4 Å². The van der Waals surface area contributed by atoms with Crippen LogP contribution in [0.1, 0.15) is 12.5 Å². The third kappa shape index (κ3) is 3.47. The van der Waals surface area contributed by atoms with Gasteiger partial charge in [-0.25, -0.2) is 4.39 Å². The predicted molar refractivity (Wildman–Crippen MR) is 93.2 cm³/mol. The molecule has 1 N–H and O–H groups in total. The van der Waals surface area contributed by atoms with Crippen LogP contribution in [-0.2, 0) is 16.0 Å². The molecule has 0 saturated heterocycles. The fraction of sp³-hybridized carbons (Fsp3) is 0.263. The molecule has 1 aliphatic heterocycles. The second-order valence-corrected chi connectivity index (χ2v) is 6.08. The molecular weight excluding hydrogens is 323 g/mol. The number of fused-ring (bicyclic) bond motifs is 1. The third-order valence-electron chi connectivity index (χ3n) is 4.26. The van der Waals surface area contributed by atoms with Gasteiger partial charge >= 0.3 is 0 Å². The van der Waals surface area contributed by atoms with Gasteiger partial charge in [0.2, 0.25) is 5.91 Å². The summed E-state index contributed by atoms with van der Waals surface area (Å²) in [4.78, 5) is 25.7. The number of nitrogens with zero attached hydrogens (tertiary/aromatic N) is 1. The Morgan fingerprint density at radius 1 is 1.28 bits per heavy atom. The molecule has 0 aliphatic carbocycles. The van der Waals surface area contributed by atoms with Crippen molar-refractivity contribution in [1.29, 1.82) is 0 Å². The van der Waals surface area contributed by atoms with Gasteiger partial charge in [-0.1, -0.05) is 31.2 Å². The van der Waals surface area contributed by atoms with Crippen LogP contribution in [0, 0.1) is 11.7 Å². The molecule has 0 fully saturated rings. The van der Waals surface area contributed by atoms with E-state index in [9.17, 15) is 14.0 Å². The first-order valence-electron chi connectivity index (χ1n) is 8.04. The smallest absolute Gasteiger partial charge is 0.264 e. The Labute approximate surface area is 145 Å². The lowest BCUT2D eigenvalue weighted by Gasteiger charge is -2.27. The maximum absolute atomic E-state index is 13.8. The van der Waals surface area contributed by atoms with E-state index in [4.69, 9.17) is 4.74 Å². The molecule has 6 heteroatoms. The number of ether oxygens (including phenoxy) is 1. The van der Waals surface area contributed by atoms with E-state index in [1.54, 1.807) is 50.4 Å². The summed E-state index contributed by atoms with van der Waals surface area (Å²) < 4.78 is 19.2. The molecule has 1 unspecified atom stereocenters. The van der Waals surface area contributed by atoms with Crippen molar-refractivity contribution in [3.8, 4) is 5.75 Å². The Morgan fingerprint density at radius 3 is 2.80 bits per heavy atom. The Bertz CT molecular complexity index is 822. The largest absolute Gasteiger partial charge is 0.479 e. The summed E-state index contributed by atoms with van der Waals surface area (Å²) in [6.07, 6.45) is 0.298. The summed E-state index contributed by atoms with van der Waals surface area (Å²) in [6.45, 7) is 1.68. The van der Waals surface area contributed by atoms with Gasteiger partial charge < -0.3 is 15.0 Å². The molecule has 0 radical (unpaired) electrons. The van der Waals surface area contributed by atoms with Crippen molar-refractivity contribution in [2.45, 2.75) is 13.3 Å². The molecule has 3 rings (SSSR count). The number of carbonyl (C=O) groups excluding carboxylic acids is 2. The van der Waals surface area contributed by atoms with Crippen LogP contribution in [0.3, 0.4) is 0 Å². The van der Waals surface area contributed by atoms with Crippen LogP contribution in [0.15, 0.2) is 42.5 Å². The fourth-order valence-corrected chi connectivity index (χ4v) is 2.75. The van der Waals surface area contributed by atoms with Gasteiger partial charge in [-0.15, -0.1) is 0 Å². The molecular formula is C19H19FN2O3. The molecule has 0 saturated carbocycles. The Morgan fingerprint density at radius 2 is 2.04 bits per heavy atom. The lowest BCUT2D eigenvalue weighted by Crippen LogP contribution is -2.36. The van der Waals surface area contributed by atoms with E-state index in [0.717, 1.165) is 0 Å². The number of halogens is 1. The van der Waals surface area contributed by atoms with Gasteiger partial charge in [0.1, 0.15) is 5.82 Å². The van der Waals surface area contributed by atoms with Gasteiger partial charge in [0.25, 0.3) is 5.91 Å². The number of para-hydroxylation sites is 1. The van der Waals surface area contributed by atoms with E-state index in [1.165, 1.54) is 11.0 Å². The van der Waals surface area contributed by atoms with Crippen LogP contribution in [0.25, 0.3) is 0 Å². The van der Waals surface area contributed by atoms with Gasteiger partial charge in [-0.3, -0.25) is 9.59 Å². The topological polar surface area (TPSA) is 58.6 Å². The number of hydrogen-bond acceptors (Lipinski definition) is 3. The minimum Gasteiger partial charge on any atom is -0.479 e. The lowest BCUT2D eigenvalue weighted by molar-refractivity contribution is -0.121. The van der Waals surface area contributed by atoms with Gasteiger partial charge in [0.05, 0.1) is 11.4 Å². The molecule has 1 aliphatic rings. The van der Waals surface area contributed by atoms with Crippen molar-refractivity contribution in [2.75, 3.05) is 23.9 Å². The van der Waals surface area contributed by atoms with E-state index in [1.807, 2.05) is 0 Å². The Kier molecular flexibility index (Phi) is 4.70. The van der Waals surface area contributed by atoms with Crippen LogP contribution in [0.4, 0.5) is 15.8 Å². The number of rotatable bonds is 4. The fourth-order valence-electron chi connectivity index (χ4n) is 2.75. The molecule has 0 aromatic heterocycles. The monoisotopic (exact) mass is 342 g/mol. The average Bonchev–Trinajstić information content (AvgIpc) is 2.60. The maximum Gasteiger partial charge on any atom is 0.264 e. The SMILES string of the molecule is CC(Cc1ccccc1F)C(=O)Nc1cccc2c1OCC(=O)N2C. The summed E-state index contributed by atoms with van der Waals surface area (Å²) in [7, 11) is 1.66. The molecule has 1 atom stereocenters. The van der Waals surface area contributed by atoms with E-state index in [-0.39, 0.29) is 24.2 Å². The highest BCUT2D eigenvalue weighted by molar-refractivity contribution is 6.01.